The normalized spacial score (nSPS) is 16.9. The summed E-state index contributed by atoms with van der Waals surface area (Å²) < 4.78 is 27.5. The minimum atomic E-state index is -3.78. The molecule has 6 heteroatoms. The van der Waals surface area contributed by atoms with Crippen LogP contribution in [0.5, 0.6) is 0 Å². The molecule has 1 fully saturated rings. The van der Waals surface area contributed by atoms with Gasteiger partial charge in [0.25, 0.3) is 5.91 Å². The van der Waals surface area contributed by atoms with Crippen LogP contribution in [-0.2, 0) is 11.3 Å². The summed E-state index contributed by atoms with van der Waals surface area (Å²) >= 11 is 0. The fourth-order valence-corrected chi connectivity index (χ4v) is 2.03. The number of nitrogens with zero attached hydrogens (tertiary/aromatic N) is 1. The first kappa shape index (κ1) is 14.4. The standard InChI is InChI=1S/C14H14F2N2O2/c15-14(16,13(20)6-1-7-13)12(19)18-9-11-4-2-10(8-17)3-5-11/h2-5,20H,1,6-7,9H2,(H,18,19). The predicted molar refractivity (Wildman–Crippen MR) is 66.8 cm³/mol. The molecular formula is C14H14F2N2O2. The van der Waals surface area contributed by atoms with Crippen molar-refractivity contribution in [2.45, 2.75) is 37.3 Å². The second kappa shape index (κ2) is 5.17. The SMILES string of the molecule is N#Cc1ccc(CNC(=O)C(F)(F)C2(O)CCC2)cc1. The molecule has 0 unspecified atom stereocenters. The molecule has 1 amide bonds. The fourth-order valence-electron chi connectivity index (χ4n) is 2.03. The van der Waals surface area contributed by atoms with E-state index in [1.807, 2.05) is 6.07 Å². The maximum atomic E-state index is 13.8. The van der Waals surface area contributed by atoms with E-state index in [1.165, 1.54) is 0 Å². The third kappa shape index (κ3) is 2.49. The molecule has 0 aliphatic heterocycles. The summed E-state index contributed by atoms with van der Waals surface area (Å²) in [5.41, 5.74) is -1.15. The lowest BCUT2D eigenvalue weighted by Crippen LogP contribution is -2.60. The van der Waals surface area contributed by atoms with Gasteiger partial charge in [-0.05, 0) is 37.0 Å². The highest BCUT2D eigenvalue weighted by Crippen LogP contribution is 2.44. The first-order valence-electron chi connectivity index (χ1n) is 6.26. The van der Waals surface area contributed by atoms with Gasteiger partial charge in [-0.25, -0.2) is 0 Å². The van der Waals surface area contributed by atoms with Gasteiger partial charge in [0.05, 0.1) is 11.6 Å². The molecule has 1 aromatic carbocycles. The Morgan fingerprint density at radius 1 is 1.40 bits per heavy atom. The number of hydrogen-bond acceptors (Lipinski definition) is 3. The number of benzene rings is 1. The van der Waals surface area contributed by atoms with E-state index in [2.05, 4.69) is 5.32 Å². The van der Waals surface area contributed by atoms with Crippen LogP contribution in [0.15, 0.2) is 24.3 Å². The van der Waals surface area contributed by atoms with Gasteiger partial charge in [-0.15, -0.1) is 0 Å². The Labute approximate surface area is 115 Å². The van der Waals surface area contributed by atoms with Crippen molar-refractivity contribution in [2.24, 2.45) is 0 Å². The highest BCUT2D eigenvalue weighted by molar-refractivity contribution is 5.85. The Bertz CT molecular complexity index is 545. The molecule has 0 heterocycles. The number of alkyl halides is 2. The van der Waals surface area contributed by atoms with E-state index in [0.717, 1.165) is 0 Å². The summed E-state index contributed by atoms with van der Waals surface area (Å²) in [6.07, 6.45) is 0.365. The number of carbonyl (C=O) groups is 1. The Kier molecular flexibility index (Phi) is 3.73. The third-order valence-electron chi connectivity index (χ3n) is 3.59. The van der Waals surface area contributed by atoms with E-state index in [9.17, 15) is 18.7 Å². The largest absolute Gasteiger partial charge is 0.383 e. The third-order valence-corrected chi connectivity index (χ3v) is 3.59. The van der Waals surface area contributed by atoms with Gasteiger partial charge in [0, 0.05) is 6.54 Å². The summed E-state index contributed by atoms with van der Waals surface area (Å²) in [7, 11) is 0. The second-order valence-electron chi connectivity index (χ2n) is 4.95. The monoisotopic (exact) mass is 280 g/mol. The minimum Gasteiger partial charge on any atom is -0.383 e. The molecule has 0 spiro atoms. The molecule has 4 nitrogen and oxygen atoms in total. The van der Waals surface area contributed by atoms with Crippen molar-refractivity contribution in [2.75, 3.05) is 0 Å². The summed E-state index contributed by atoms with van der Waals surface area (Å²) in [5, 5.41) is 20.4. The molecule has 0 saturated heterocycles. The molecule has 20 heavy (non-hydrogen) atoms. The highest BCUT2D eigenvalue weighted by Gasteiger charge is 2.60. The van der Waals surface area contributed by atoms with Crippen molar-refractivity contribution >= 4 is 5.91 Å². The number of halogens is 2. The molecule has 0 radical (unpaired) electrons. The van der Waals surface area contributed by atoms with E-state index in [0.29, 0.717) is 17.5 Å². The summed E-state index contributed by atoms with van der Waals surface area (Å²) in [4.78, 5) is 11.5. The van der Waals surface area contributed by atoms with Crippen LogP contribution in [0.3, 0.4) is 0 Å². The van der Waals surface area contributed by atoms with E-state index in [1.54, 1.807) is 24.3 Å². The Morgan fingerprint density at radius 3 is 2.45 bits per heavy atom. The molecule has 2 rings (SSSR count). The number of nitrogens with one attached hydrogen (secondary N) is 1. The van der Waals surface area contributed by atoms with Crippen LogP contribution in [0.2, 0.25) is 0 Å². The zero-order valence-electron chi connectivity index (χ0n) is 10.7. The molecular weight excluding hydrogens is 266 g/mol. The zero-order chi connectivity index (χ0) is 14.8. The number of carbonyl (C=O) groups excluding carboxylic acids is 1. The molecule has 0 atom stereocenters. The fraction of sp³-hybridized carbons (Fsp3) is 0.429. The maximum absolute atomic E-state index is 13.8. The Balaban J connectivity index is 1.96. The first-order valence-corrected chi connectivity index (χ1v) is 6.26. The van der Waals surface area contributed by atoms with Gasteiger partial charge in [-0.1, -0.05) is 12.1 Å². The molecule has 0 bridgehead atoms. The van der Waals surface area contributed by atoms with Crippen molar-refractivity contribution in [1.29, 1.82) is 5.26 Å². The van der Waals surface area contributed by atoms with Crippen molar-refractivity contribution in [3.8, 4) is 6.07 Å². The summed E-state index contributed by atoms with van der Waals surface area (Å²) in [6, 6.07) is 8.18. The van der Waals surface area contributed by atoms with Crippen LogP contribution < -0.4 is 5.32 Å². The van der Waals surface area contributed by atoms with Gasteiger partial charge in [-0.3, -0.25) is 4.79 Å². The van der Waals surface area contributed by atoms with Crippen LogP contribution in [-0.4, -0.2) is 22.5 Å². The Morgan fingerprint density at radius 2 is 2.00 bits per heavy atom. The van der Waals surface area contributed by atoms with Gasteiger partial charge in [0.1, 0.15) is 5.60 Å². The van der Waals surface area contributed by atoms with Gasteiger partial charge in [0.2, 0.25) is 0 Å². The van der Waals surface area contributed by atoms with E-state index >= 15 is 0 Å². The van der Waals surface area contributed by atoms with Crippen LogP contribution >= 0.6 is 0 Å². The molecule has 1 saturated carbocycles. The predicted octanol–water partition coefficient (Wildman–Crippen LogP) is 1.72. The average molecular weight is 280 g/mol. The average Bonchev–Trinajstić information content (AvgIpc) is 2.42. The lowest BCUT2D eigenvalue weighted by atomic mass is 9.75. The quantitative estimate of drug-likeness (QED) is 0.882. The number of aliphatic hydroxyl groups is 1. The summed E-state index contributed by atoms with van der Waals surface area (Å²) in [6.45, 7) is -0.0732. The Hall–Kier alpha value is -2.00. The summed E-state index contributed by atoms with van der Waals surface area (Å²) in [5.74, 6) is -5.25. The van der Waals surface area contributed by atoms with E-state index in [-0.39, 0.29) is 19.4 Å². The van der Waals surface area contributed by atoms with E-state index < -0.39 is 17.4 Å². The van der Waals surface area contributed by atoms with Crippen molar-refractivity contribution in [3.63, 3.8) is 0 Å². The topological polar surface area (TPSA) is 73.1 Å². The molecule has 106 valence electrons. The number of rotatable bonds is 4. The number of amides is 1. The smallest absolute Gasteiger partial charge is 0.352 e. The molecule has 2 N–H and O–H groups in total. The van der Waals surface area contributed by atoms with Gasteiger partial charge in [0.15, 0.2) is 0 Å². The van der Waals surface area contributed by atoms with Crippen LogP contribution in [0.1, 0.15) is 30.4 Å². The molecule has 1 aliphatic carbocycles. The van der Waals surface area contributed by atoms with Gasteiger partial charge >= 0.3 is 5.92 Å². The van der Waals surface area contributed by atoms with Crippen LogP contribution in [0.4, 0.5) is 8.78 Å². The van der Waals surface area contributed by atoms with Crippen LogP contribution in [0.25, 0.3) is 0 Å². The van der Waals surface area contributed by atoms with Crippen molar-refractivity contribution < 1.29 is 18.7 Å². The lowest BCUT2D eigenvalue weighted by molar-refractivity contribution is -0.216. The van der Waals surface area contributed by atoms with E-state index in [4.69, 9.17) is 5.26 Å². The number of nitriles is 1. The van der Waals surface area contributed by atoms with Gasteiger partial charge < -0.3 is 10.4 Å². The maximum Gasteiger partial charge on any atom is 0.352 e. The minimum absolute atomic E-state index is 0.0652. The van der Waals surface area contributed by atoms with Gasteiger partial charge in [-0.2, -0.15) is 14.0 Å². The lowest BCUT2D eigenvalue weighted by Gasteiger charge is -2.41. The molecule has 1 aromatic rings. The molecule has 0 aromatic heterocycles. The second-order valence-corrected chi connectivity index (χ2v) is 4.95. The van der Waals surface area contributed by atoms with Crippen molar-refractivity contribution in [3.05, 3.63) is 35.4 Å². The zero-order valence-corrected chi connectivity index (χ0v) is 10.7. The molecule has 1 aliphatic rings. The van der Waals surface area contributed by atoms with Crippen molar-refractivity contribution in [1.82, 2.24) is 5.32 Å². The first-order chi connectivity index (χ1) is 9.39. The highest BCUT2D eigenvalue weighted by atomic mass is 19.3. The number of hydrogen-bond donors (Lipinski definition) is 2. The van der Waals surface area contributed by atoms with Crippen LogP contribution in [0, 0.1) is 11.3 Å².